The number of hydrogen-bond acceptors (Lipinski definition) is 5. The van der Waals surface area contributed by atoms with Gasteiger partial charge in [-0.05, 0) is 56.7 Å². The van der Waals surface area contributed by atoms with Gasteiger partial charge in [0.1, 0.15) is 18.5 Å². The number of halogens is 3. The van der Waals surface area contributed by atoms with Crippen molar-refractivity contribution in [1.82, 2.24) is 0 Å². The topological polar surface area (TPSA) is 90.2 Å². The number of ether oxygens (including phenoxy) is 1. The summed E-state index contributed by atoms with van der Waals surface area (Å²) in [6, 6.07) is 4.43. The molecule has 1 unspecified atom stereocenters. The predicted molar refractivity (Wildman–Crippen MR) is 115 cm³/mol. The first kappa shape index (κ1) is 26.4. The van der Waals surface area contributed by atoms with Crippen LogP contribution in [0.25, 0.3) is 0 Å². The van der Waals surface area contributed by atoms with Gasteiger partial charge in [-0.1, -0.05) is 30.4 Å². The summed E-state index contributed by atoms with van der Waals surface area (Å²) in [5.74, 6) is -0.552. The van der Waals surface area contributed by atoms with Crippen LogP contribution in [0, 0.1) is 11.8 Å². The summed E-state index contributed by atoms with van der Waals surface area (Å²) in [6.45, 7) is 1.51. The molecule has 0 saturated heterocycles. The lowest BCUT2D eigenvalue weighted by molar-refractivity contribution is -0.137. The first-order valence-corrected chi connectivity index (χ1v) is 10.9. The fraction of sp³-hybridized carbons (Fsp3) is 0.583. The van der Waals surface area contributed by atoms with Gasteiger partial charge in [-0.2, -0.15) is 13.2 Å². The Morgan fingerprint density at radius 1 is 1.16 bits per heavy atom. The van der Waals surface area contributed by atoms with Gasteiger partial charge in [0.15, 0.2) is 0 Å². The van der Waals surface area contributed by atoms with E-state index in [2.05, 4.69) is 0 Å². The van der Waals surface area contributed by atoms with Crippen LogP contribution in [0.2, 0.25) is 0 Å². The third kappa shape index (κ3) is 8.58. The number of rotatable bonds is 11. The molecule has 0 aliphatic heterocycles. The van der Waals surface area contributed by atoms with Crippen LogP contribution in [0.5, 0.6) is 5.75 Å². The average molecular weight is 459 g/mol. The Kier molecular flexibility index (Phi) is 10.2. The number of unbranched alkanes of at least 4 members (excludes halogenated alkanes) is 1. The smallest absolute Gasteiger partial charge is 0.416 e. The molecule has 0 amide bonds. The summed E-state index contributed by atoms with van der Waals surface area (Å²) in [5.41, 5.74) is -0.829. The van der Waals surface area contributed by atoms with Crippen molar-refractivity contribution in [2.24, 2.45) is 11.8 Å². The highest BCUT2D eigenvalue weighted by Gasteiger charge is 2.39. The Morgan fingerprint density at radius 2 is 1.91 bits per heavy atom. The molecule has 0 radical (unpaired) electrons. The van der Waals surface area contributed by atoms with Crippen molar-refractivity contribution in [3.05, 3.63) is 54.1 Å². The highest BCUT2D eigenvalue weighted by molar-refractivity contribution is 5.30. The Hall–Kier alpha value is -1.87. The fourth-order valence-corrected chi connectivity index (χ4v) is 3.86. The Labute approximate surface area is 186 Å². The second-order valence-electron chi connectivity index (χ2n) is 8.39. The Balaban J connectivity index is 1.87. The van der Waals surface area contributed by atoms with Gasteiger partial charge in [-0.3, -0.25) is 0 Å². The molecule has 0 bridgehead atoms. The van der Waals surface area contributed by atoms with Crippen molar-refractivity contribution in [3.8, 4) is 5.75 Å². The lowest BCUT2D eigenvalue weighted by Crippen LogP contribution is -2.21. The number of allylic oxidation sites excluding steroid dienone is 2. The summed E-state index contributed by atoms with van der Waals surface area (Å²) in [6.07, 6.45) is 2.98. The van der Waals surface area contributed by atoms with Gasteiger partial charge in [0.25, 0.3) is 0 Å². The molecule has 0 aromatic heterocycles. The molecule has 180 valence electrons. The first-order chi connectivity index (χ1) is 15.1. The maximum atomic E-state index is 12.8. The van der Waals surface area contributed by atoms with E-state index in [0.717, 1.165) is 31.4 Å². The average Bonchev–Trinajstić information content (AvgIpc) is 2.99. The van der Waals surface area contributed by atoms with E-state index in [9.17, 15) is 33.6 Å². The van der Waals surface area contributed by atoms with Crippen LogP contribution in [0.4, 0.5) is 13.2 Å². The third-order valence-electron chi connectivity index (χ3n) is 5.62. The van der Waals surface area contributed by atoms with Crippen LogP contribution < -0.4 is 4.74 Å². The summed E-state index contributed by atoms with van der Waals surface area (Å²) in [7, 11) is 0. The van der Waals surface area contributed by atoms with E-state index < -0.39 is 30.1 Å². The van der Waals surface area contributed by atoms with Gasteiger partial charge in [-0.25, -0.2) is 0 Å². The molecule has 1 aromatic rings. The maximum Gasteiger partial charge on any atom is 0.416 e. The second-order valence-corrected chi connectivity index (χ2v) is 8.39. The lowest BCUT2D eigenvalue weighted by Gasteiger charge is -2.19. The molecule has 1 aromatic carbocycles. The van der Waals surface area contributed by atoms with Crippen molar-refractivity contribution in [2.75, 3.05) is 6.61 Å². The van der Waals surface area contributed by atoms with E-state index in [-0.39, 0.29) is 36.7 Å². The largest absolute Gasteiger partial charge is 0.491 e. The van der Waals surface area contributed by atoms with Crippen LogP contribution in [0.1, 0.15) is 44.6 Å². The van der Waals surface area contributed by atoms with Gasteiger partial charge in [-0.15, -0.1) is 0 Å². The SMILES string of the molecule is CC(O)CCC/C=C\C[C@@H]1[C@@H](/C=C/[C@@H](O)COc2cccc(C(F)(F)F)c2)[C@H](O)C[C@@H]1O. The lowest BCUT2D eigenvalue weighted by atomic mass is 9.89. The van der Waals surface area contributed by atoms with Gasteiger partial charge in [0, 0.05) is 12.3 Å². The molecule has 6 atom stereocenters. The molecule has 5 nitrogen and oxygen atoms in total. The summed E-state index contributed by atoms with van der Waals surface area (Å²) in [4.78, 5) is 0. The summed E-state index contributed by atoms with van der Waals surface area (Å²) < 4.78 is 43.6. The summed E-state index contributed by atoms with van der Waals surface area (Å²) in [5, 5.41) is 40.0. The zero-order valence-electron chi connectivity index (χ0n) is 18.2. The molecule has 0 heterocycles. The quantitative estimate of drug-likeness (QED) is 0.299. The van der Waals surface area contributed by atoms with Gasteiger partial charge in [0.2, 0.25) is 0 Å². The minimum absolute atomic E-state index is 0.00204. The second kappa shape index (κ2) is 12.4. The Morgan fingerprint density at radius 3 is 2.59 bits per heavy atom. The number of alkyl halides is 3. The molecule has 1 fully saturated rings. The van der Waals surface area contributed by atoms with E-state index in [1.807, 2.05) is 12.2 Å². The van der Waals surface area contributed by atoms with Gasteiger partial charge >= 0.3 is 6.18 Å². The standard InChI is InChI=1S/C24H33F3O5/c1-16(28)7-4-2-3-5-10-20-21(23(31)14-22(20)30)12-11-18(29)15-32-19-9-6-8-17(13-19)24(25,26)27/h3,5-6,8-9,11-13,16,18,20-23,28-31H,2,4,7,10,14-15H2,1H3/b5-3-,12-11+/t16?,18-,20-,21-,22+,23-/m1/s1. The highest BCUT2D eigenvalue weighted by atomic mass is 19.4. The van der Waals surface area contributed by atoms with Crippen LogP contribution in [-0.2, 0) is 6.18 Å². The fourth-order valence-electron chi connectivity index (χ4n) is 3.86. The predicted octanol–water partition coefficient (Wildman–Crippen LogP) is 3.86. The van der Waals surface area contributed by atoms with Crippen molar-refractivity contribution < 1.29 is 38.3 Å². The normalized spacial score (nSPS) is 26.1. The molecule has 1 saturated carbocycles. The molecule has 2 rings (SSSR count). The van der Waals surface area contributed by atoms with Crippen molar-refractivity contribution in [3.63, 3.8) is 0 Å². The first-order valence-electron chi connectivity index (χ1n) is 10.9. The number of aliphatic hydroxyl groups excluding tert-OH is 4. The highest BCUT2D eigenvalue weighted by Crippen LogP contribution is 2.36. The van der Waals surface area contributed by atoms with E-state index in [4.69, 9.17) is 4.74 Å². The molecule has 1 aliphatic rings. The zero-order valence-corrected chi connectivity index (χ0v) is 18.2. The van der Waals surface area contributed by atoms with Crippen LogP contribution in [0.15, 0.2) is 48.6 Å². The van der Waals surface area contributed by atoms with E-state index in [1.54, 1.807) is 13.0 Å². The molecule has 8 heteroatoms. The van der Waals surface area contributed by atoms with Crippen LogP contribution >= 0.6 is 0 Å². The van der Waals surface area contributed by atoms with Crippen molar-refractivity contribution in [2.45, 2.75) is 69.6 Å². The monoisotopic (exact) mass is 458 g/mol. The van der Waals surface area contributed by atoms with E-state index >= 15 is 0 Å². The molecular weight excluding hydrogens is 425 g/mol. The molecule has 4 N–H and O–H groups in total. The summed E-state index contributed by atoms with van der Waals surface area (Å²) >= 11 is 0. The number of aliphatic hydroxyl groups is 4. The zero-order chi connectivity index (χ0) is 23.7. The Bertz CT molecular complexity index is 747. The minimum atomic E-state index is -4.47. The molecule has 32 heavy (non-hydrogen) atoms. The van der Waals surface area contributed by atoms with E-state index in [1.165, 1.54) is 18.2 Å². The van der Waals surface area contributed by atoms with E-state index in [0.29, 0.717) is 6.42 Å². The molecule has 1 aliphatic carbocycles. The molecular formula is C24H33F3O5. The third-order valence-corrected chi connectivity index (χ3v) is 5.62. The number of benzene rings is 1. The number of hydrogen-bond donors (Lipinski definition) is 4. The van der Waals surface area contributed by atoms with Crippen molar-refractivity contribution >= 4 is 0 Å². The minimum Gasteiger partial charge on any atom is -0.491 e. The van der Waals surface area contributed by atoms with Gasteiger partial charge < -0.3 is 25.2 Å². The molecule has 0 spiro atoms. The maximum absolute atomic E-state index is 12.8. The van der Waals surface area contributed by atoms with Crippen LogP contribution in [-0.4, -0.2) is 51.4 Å². The van der Waals surface area contributed by atoms with Crippen LogP contribution in [0.3, 0.4) is 0 Å². The van der Waals surface area contributed by atoms with Crippen molar-refractivity contribution in [1.29, 1.82) is 0 Å². The van der Waals surface area contributed by atoms with Gasteiger partial charge in [0.05, 0.1) is 23.9 Å².